The average Bonchev–Trinajstić information content (AvgIpc) is 2.94. The molecule has 27 heavy (non-hydrogen) atoms. The number of para-hydroxylation sites is 1. The fourth-order valence-electron chi connectivity index (χ4n) is 3.54. The quantitative estimate of drug-likeness (QED) is 0.644. The second-order valence-electron chi connectivity index (χ2n) is 6.59. The maximum absolute atomic E-state index is 13.5. The van der Waals surface area contributed by atoms with Gasteiger partial charge < -0.3 is 15.3 Å². The van der Waals surface area contributed by atoms with Crippen molar-refractivity contribution in [2.24, 2.45) is 0 Å². The molecule has 1 heterocycles. The van der Waals surface area contributed by atoms with Crippen molar-refractivity contribution in [3.05, 3.63) is 94.5 Å². The zero-order valence-corrected chi connectivity index (χ0v) is 16.2. The molecule has 0 saturated heterocycles. The SMILES string of the molecule is O=C1N(Cc2ccccc2)c2ccccc2C1(CO)Nc1ccc(Br)cc1. The van der Waals surface area contributed by atoms with Crippen LogP contribution in [0.5, 0.6) is 0 Å². The summed E-state index contributed by atoms with van der Waals surface area (Å²) in [4.78, 5) is 15.2. The Hall–Kier alpha value is -2.63. The van der Waals surface area contributed by atoms with E-state index >= 15 is 0 Å². The molecule has 5 heteroatoms. The van der Waals surface area contributed by atoms with E-state index in [0.29, 0.717) is 6.54 Å². The monoisotopic (exact) mass is 422 g/mol. The minimum Gasteiger partial charge on any atom is -0.393 e. The molecular formula is C22H19BrN2O2. The van der Waals surface area contributed by atoms with E-state index in [0.717, 1.165) is 27.0 Å². The molecule has 3 aromatic carbocycles. The zero-order chi connectivity index (χ0) is 18.9. The number of amides is 1. The van der Waals surface area contributed by atoms with Gasteiger partial charge in [0.05, 0.1) is 18.8 Å². The van der Waals surface area contributed by atoms with Crippen molar-refractivity contribution < 1.29 is 9.90 Å². The normalized spacial score (nSPS) is 18.4. The van der Waals surface area contributed by atoms with Gasteiger partial charge in [0.2, 0.25) is 0 Å². The topological polar surface area (TPSA) is 52.6 Å². The minimum absolute atomic E-state index is 0.155. The first kappa shape index (κ1) is 17.8. The zero-order valence-electron chi connectivity index (χ0n) is 14.6. The van der Waals surface area contributed by atoms with Crippen molar-refractivity contribution in [3.8, 4) is 0 Å². The molecule has 0 saturated carbocycles. The van der Waals surface area contributed by atoms with E-state index in [1.165, 1.54) is 0 Å². The van der Waals surface area contributed by atoms with Crippen LogP contribution in [0.3, 0.4) is 0 Å². The maximum Gasteiger partial charge on any atom is 0.260 e. The number of nitrogens with zero attached hydrogens (tertiary/aromatic N) is 1. The smallest absolute Gasteiger partial charge is 0.260 e. The fourth-order valence-corrected chi connectivity index (χ4v) is 3.80. The molecule has 3 aromatic rings. The summed E-state index contributed by atoms with van der Waals surface area (Å²) in [6.45, 7) is 0.130. The van der Waals surface area contributed by atoms with Crippen molar-refractivity contribution in [3.63, 3.8) is 0 Å². The summed E-state index contributed by atoms with van der Waals surface area (Å²) >= 11 is 3.42. The maximum atomic E-state index is 13.5. The van der Waals surface area contributed by atoms with Crippen LogP contribution in [0.25, 0.3) is 0 Å². The summed E-state index contributed by atoms with van der Waals surface area (Å²) in [6, 6.07) is 25.1. The molecule has 4 nitrogen and oxygen atoms in total. The van der Waals surface area contributed by atoms with Crippen LogP contribution >= 0.6 is 15.9 Å². The number of aliphatic hydroxyl groups excluding tert-OH is 1. The van der Waals surface area contributed by atoms with Gasteiger partial charge >= 0.3 is 0 Å². The summed E-state index contributed by atoms with van der Waals surface area (Å²) in [7, 11) is 0. The Kier molecular flexibility index (Phi) is 4.72. The highest BCUT2D eigenvalue weighted by molar-refractivity contribution is 9.10. The van der Waals surface area contributed by atoms with E-state index < -0.39 is 5.54 Å². The molecule has 2 N–H and O–H groups in total. The molecule has 0 aliphatic carbocycles. The number of anilines is 2. The van der Waals surface area contributed by atoms with Gasteiger partial charge in [-0.15, -0.1) is 0 Å². The molecule has 0 aromatic heterocycles. The minimum atomic E-state index is -1.20. The van der Waals surface area contributed by atoms with Gasteiger partial charge in [-0.25, -0.2) is 0 Å². The Labute approximate surface area is 166 Å². The molecule has 1 aliphatic heterocycles. The number of halogens is 1. The molecule has 1 aliphatic rings. The Bertz CT molecular complexity index is 960. The number of hydrogen-bond acceptors (Lipinski definition) is 3. The summed E-state index contributed by atoms with van der Waals surface area (Å²) in [6.07, 6.45) is 0. The standard InChI is InChI=1S/C22H19BrN2O2/c23-17-10-12-18(13-11-17)24-22(15-26)19-8-4-5-9-20(19)25(21(22)27)14-16-6-2-1-3-7-16/h1-13,24,26H,14-15H2. The van der Waals surface area contributed by atoms with E-state index in [4.69, 9.17) is 0 Å². The Balaban J connectivity index is 1.75. The van der Waals surface area contributed by atoms with Crippen LogP contribution in [0, 0.1) is 0 Å². The van der Waals surface area contributed by atoms with Crippen molar-refractivity contribution in [1.29, 1.82) is 0 Å². The second-order valence-corrected chi connectivity index (χ2v) is 7.51. The molecule has 0 fully saturated rings. The number of carbonyl (C=O) groups is 1. The molecule has 1 amide bonds. The predicted octanol–water partition coefficient (Wildman–Crippen LogP) is 4.30. The van der Waals surface area contributed by atoms with Crippen LogP contribution in [0.1, 0.15) is 11.1 Å². The Morgan fingerprint density at radius 2 is 1.59 bits per heavy atom. The lowest BCUT2D eigenvalue weighted by Gasteiger charge is -2.29. The highest BCUT2D eigenvalue weighted by Gasteiger charge is 2.50. The first-order valence-electron chi connectivity index (χ1n) is 8.74. The number of carbonyl (C=O) groups excluding carboxylic acids is 1. The third-order valence-corrected chi connectivity index (χ3v) is 5.42. The van der Waals surface area contributed by atoms with Crippen LogP contribution in [0.15, 0.2) is 83.3 Å². The lowest BCUT2D eigenvalue weighted by molar-refractivity contribution is -0.123. The molecule has 0 spiro atoms. The number of rotatable bonds is 5. The van der Waals surface area contributed by atoms with Gasteiger partial charge in [0, 0.05) is 15.7 Å². The van der Waals surface area contributed by atoms with Crippen LogP contribution in [-0.4, -0.2) is 17.6 Å². The van der Waals surface area contributed by atoms with Crippen molar-refractivity contribution in [2.45, 2.75) is 12.1 Å². The number of aliphatic hydroxyl groups is 1. The van der Waals surface area contributed by atoms with Gasteiger partial charge in [0.1, 0.15) is 0 Å². The van der Waals surface area contributed by atoms with Gasteiger partial charge in [0.15, 0.2) is 5.54 Å². The van der Waals surface area contributed by atoms with Crippen LogP contribution < -0.4 is 10.2 Å². The molecule has 0 bridgehead atoms. The molecule has 1 atom stereocenters. The third-order valence-electron chi connectivity index (χ3n) is 4.89. The second kappa shape index (κ2) is 7.18. The molecule has 1 unspecified atom stereocenters. The van der Waals surface area contributed by atoms with Crippen LogP contribution in [0.2, 0.25) is 0 Å². The number of fused-ring (bicyclic) bond motifs is 1. The van der Waals surface area contributed by atoms with Gasteiger partial charge in [-0.05, 0) is 35.9 Å². The Morgan fingerprint density at radius 1 is 0.926 bits per heavy atom. The molecule has 136 valence electrons. The first-order chi connectivity index (χ1) is 13.1. The summed E-state index contributed by atoms with van der Waals surface area (Å²) in [5.74, 6) is -0.155. The molecule has 4 rings (SSSR count). The highest BCUT2D eigenvalue weighted by Crippen LogP contribution is 2.43. The van der Waals surface area contributed by atoms with Crippen molar-refractivity contribution in [1.82, 2.24) is 0 Å². The molecular weight excluding hydrogens is 404 g/mol. The summed E-state index contributed by atoms with van der Waals surface area (Å²) in [5.41, 5.74) is 2.23. The molecule has 0 radical (unpaired) electrons. The van der Waals surface area contributed by atoms with Gasteiger partial charge in [-0.1, -0.05) is 64.5 Å². The van der Waals surface area contributed by atoms with Gasteiger partial charge in [-0.3, -0.25) is 4.79 Å². The lowest BCUT2D eigenvalue weighted by atomic mass is 9.91. The van der Waals surface area contributed by atoms with Crippen molar-refractivity contribution in [2.75, 3.05) is 16.8 Å². The fraction of sp³-hybridized carbons (Fsp3) is 0.136. The highest BCUT2D eigenvalue weighted by atomic mass is 79.9. The number of nitrogens with one attached hydrogen (secondary N) is 1. The van der Waals surface area contributed by atoms with Crippen LogP contribution in [0.4, 0.5) is 11.4 Å². The van der Waals surface area contributed by atoms with Crippen molar-refractivity contribution >= 4 is 33.2 Å². The largest absolute Gasteiger partial charge is 0.393 e. The average molecular weight is 423 g/mol. The Morgan fingerprint density at radius 3 is 2.30 bits per heavy atom. The summed E-state index contributed by atoms with van der Waals surface area (Å²) in [5, 5.41) is 13.6. The van der Waals surface area contributed by atoms with Crippen LogP contribution in [-0.2, 0) is 16.9 Å². The van der Waals surface area contributed by atoms with E-state index in [2.05, 4.69) is 21.2 Å². The van der Waals surface area contributed by atoms with E-state index in [-0.39, 0.29) is 12.5 Å². The van der Waals surface area contributed by atoms with E-state index in [1.54, 1.807) is 4.90 Å². The number of benzene rings is 3. The lowest BCUT2D eigenvalue weighted by Crippen LogP contribution is -2.48. The van der Waals surface area contributed by atoms with E-state index in [9.17, 15) is 9.90 Å². The summed E-state index contributed by atoms with van der Waals surface area (Å²) < 4.78 is 0.954. The van der Waals surface area contributed by atoms with Gasteiger partial charge in [-0.2, -0.15) is 0 Å². The first-order valence-corrected chi connectivity index (χ1v) is 9.53. The van der Waals surface area contributed by atoms with E-state index in [1.807, 2.05) is 78.9 Å². The predicted molar refractivity (Wildman–Crippen MR) is 111 cm³/mol. The third kappa shape index (κ3) is 3.13. The number of hydrogen-bond donors (Lipinski definition) is 2. The van der Waals surface area contributed by atoms with Gasteiger partial charge in [0.25, 0.3) is 5.91 Å².